The van der Waals surface area contributed by atoms with Crippen molar-refractivity contribution in [3.05, 3.63) is 0 Å². The van der Waals surface area contributed by atoms with Crippen molar-refractivity contribution in [2.24, 2.45) is 5.73 Å². The first-order valence-electron chi connectivity index (χ1n) is 6.36. The Hall–Kier alpha value is -0.340. The third-order valence-corrected chi connectivity index (χ3v) is 3.36. The molecule has 0 saturated heterocycles. The number of ether oxygens (including phenoxy) is 3. The number of aliphatic hydroxyl groups is 1. The molecule has 0 aliphatic heterocycles. The van der Waals surface area contributed by atoms with Gasteiger partial charge in [0.25, 0.3) is 0 Å². The molecule has 0 aliphatic rings. The summed E-state index contributed by atoms with van der Waals surface area (Å²) in [4.78, 5) is 11.2. The van der Waals surface area contributed by atoms with Gasteiger partial charge in [0.2, 0.25) is 0 Å². The molecule has 0 amide bonds. The summed E-state index contributed by atoms with van der Waals surface area (Å²) in [5.74, 6) is 0.893. The second-order valence-electron chi connectivity index (χ2n) is 3.94. The molecule has 0 saturated carbocycles. The molecule has 19 heavy (non-hydrogen) atoms. The van der Waals surface area contributed by atoms with Gasteiger partial charge in [0, 0.05) is 12.9 Å². The molecule has 6 nitrogen and oxygen atoms in total. The van der Waals surface area contributed by atoms with Gasteiger partial charge >= 0.3 is 5.97 Å². The van der Waals surface area contributed by atoms with E-state index in [9.17, 15) is 9.90 Å². The van der Waals surface area contributed by atoms with Crippen LogP contribution in [-0.4, -0.2) is 68.3 Å². The Morgan fingerprint density at radius 3 is 2.79 bits per heavy atom. The van der Waals surface area contributed by atoms with Crippen LogP contribution >= 0.6 is 11.8 Å². The monoisotopic (exact) mass is 295 g/mol. The van der Waals surface area contributed by atoms with Crippen molar-refractivity contribution in [2.45, 2.75) is 25.5 Å². The zero-order valence-electron chi connectivity index (χ0n) is 11.7. The van der Waals surface area contributed by atoms with Crippen molar-refractivity contribution in [3.63, 3.8) is 0 Å². The fourth-order valence-electron chi connectivity index (χ4n) is 1.21. The van der Waals surface area contributed by atoms with E-state index in [-0.39, 0.29) is 5.97 Å². The van der Waals surface area contributed by atoms with Gasteiger partial charge in [-0.3, -0.25) is 4.79 Å². The third-order valence-electron chi connectivity index (χ3n) is 2.21. The summed E-state index contributed by atoms with van der Waals surface area (Å²) in [5, 5.41) is 9.60. The second-order valence-corrected chi connectivity index (χ2v) is 5.09. The van der Waals surface area contributed by atoms with Gasteiger partial charge in [0.1, 0.15) is 6.04 Å². The number of nitrogens with two attached hydrogens (primary N) is 1. The molecule has 0 aromatic rings. The van der Waals surface area contributed by atoms with Crippen LogP contribution in [0.15, 0.2) is 0 Å². The molecular weight excluding hydrogens is 270 g/mol. The van der Waals surface area contributed by atoms with Crippen LogP contribution in [0.2, 0.25) is 0 Å². The van der Waals surface area contributed by atoms with E-state index in [4.69, 9.17) is 19.9 Å². The maximum atomic E-state index is 11.2. The molecule has 2 atom stereocenters. The number of esters is 1. The van der Waals surface area contributed by atoms with E-state index < -0.39 is 12.1 Å². The van der Waals surface area contributed by atoms with E-state index in [0.717, 1.165) is 0 Å². The summed E-state index contributed by atoms with van der Waals surface area (Å²) in [6, 6.07) is -0.581. The van der Waals surface area contributed by atoms with Crippen molar-refractivity contribution < 1.29 is 24.1 Å². The number of carbonyl (C=O) groups excluding carboxylic acids is 1. The number of thioether (sulfide) groups is 1. The smallest absolute Gasteiger partial charge is 0.322 e. The van der Waals surface area contributed by atoms with Crippen molar-refractivity contribution in [3.8, 4) is 0 Å². The van der Waals surface area contributed by atoms with Crippen molar-refractivity contribution in [1.82, 2.24) is 0 Å². The Bertz CT molecular complexity index is 230. The summed E-state index contributed by atoms with van der Waals surface area (Å²) in [5.41, 5.74) is 5.64. The fourth-order valence-corrected chi connectivity index (χ4v) is 2.16. The largest absolute Gasteiger partial charge is 0.465 e. The van der Waals surface area contributed by atoms with Gasteiger partial charge in [-0.05, 0) is 19.1 Å². The summed E-state index contributed by atoms with van der Waals surface area (Å²) < 4.78 is 14.8. The van der Waals surface area contributed by atoms with Crippen LogP contribution in [-0.2, 0) is 19.0 Å². The molecule has 0 aliphatic carbocycles. The second kappa shape index (κ2) is 12.7. The van der Waals surface area contributed by atoms with Gasteiger partial charge in [-0.1, -0.05) is 0 Å². The molecule has 2 unspecified atom stereocenters. The Balaban J connectivity index is 3.44. The van der Waals surface area contributed by atoms with E-state index in [0.29, 0.717) is 44.4 Å². The van der Waals surface area contributed by atoms with Crippen LogP contribution in [0, 0.1) is 0 Å². The molecule has 114 valence electrons. The Labute approximate surface area is 119 Å². The normalized spacial score (nSPS) is 14.1. The first-order chi connectivity index (χ1) is 9.11. The maximum absolute atomic E-state index is 11.2. The minimum atomic E-state index is -0.581. The quantitative estimate of drug-likeness (QED) is 0.387. The zero-order chi connectivity index (χ0) is 14.5. The first kappa shape index (κ1) is 18.7. The lowest BCUT2D eigenvalue weighted by atomic mass is 10.2. The standard InChI is InChI=1S/C12H25NO5S/c1-3-18-12(15)11(13)4-7-19-9-10(14)8-17-6-5-16-2/h10-11,14H,3-9,13H2,1-2H3. The van der Waals surface area contributed by atoms with Crippen LogP contribution in [0.1, 0.15) is 13.3 Å². The Morgan fingerprint density at radius 1 is 1.42 bits per heavy atom. The Kier molecular flexibility index (Phi) is 12.5. The number of carbonyl (C=O) groups is 1. The highest BCUT2D eigenvalue weighted by Gasteiger charge is 2.14. The first-order valence-corrected chi connectivity index (χ1v) is 7.52. The van der Waals surface area contributed by atoms with Gasteiger partial charge in [-0.15, -0.1) is 0 Å². The molecule has 0 fully saturated rings. The van der Waals surface area contributed by atoms with Crippen LogP contribution in [0.5, 0.6) is 0 Å². The lowest BCUT2D eigenvalue weighted by Gasteiger charge is -2.12. The predicted molar refractivity (Wildman–Crippen MR) is 75.3 cm³/mol. The van der Waals surface area contributed by atoms with Crippen LogP contribution in [0.25, 0.3) is 0 Å². The third kappa shape index (κ3) is 11.2. The highest BCUT2D eigenvalue weighted by Crippen LogP contribution is 2.07. The SMILES string of the molecule is CCOC(=O)C(N)CCSCC(O)COCCOC. The summed E-state index contributed by atoms with van der Waals surface area (Å²) in [6.07, 6.45) is 0.0291. The van der Waals surface area contributed by atoms with E-state index in [2.05, 4.69) is 0 Å². The minimum Gasteiger partial charge on any atom is -0.465 e. The summed E-state index contributed by atoms with van der Waals surface area (Å²) in [6.45, 7) is 3.39. The number of methoxy groups -OCH3 is 1. The molecule has 3 N–H and O–H groups in total. The number of hydrogen-bond acceptors (Lipinski definition) is 7. The van der Waals surface area contributed by atoms with Gasteiger partial charge in [-0.25, -0.2) is 0 Å². The zero-order valence-corrected chi connectivity index (χ0v) is 12.5. The summed E-state index contributed by atoms with van der Waals surface area (Å²) in [7, 11) is 1.60. The molecule has 0 aromatic heterocycles. The average Bonchev–Trinajstić information content (AvgIpc) is 2.39. The molecular formula is C12H25NO5S. The van der Waals surface area contributed by atoms with Gasteiger partial charge in [-0.2, -0.15) is 11.8 Å². The van der Waals surface area contributed by atoms with Crippen LogP contribution < -0.4 is 5.73 Å². The lowest BCUT2D eigenvalue weighted by Crippen LogP contribution is -2.33. The van der Waals surface area contributed by atoms with Gasteiger partial charge in [0.05, 0.1) is 32.5 Å². The van der Waals surface area contributed by atoms with Crippen LogP contribution in [0.4, 0.5) is 0 Å². The number of rotatable bonds is 12. The van der Waals surface area contributed by atoms with Crippen molar-refractivity contribution >= 4 is 17.7 Å². The minimum absolute atomic E-state index is 0.292. The van der Waals surface area contributed by atoms with Crippen molar-refractivity contribution in [2.75, 3.05) is 45.0 Å². The van der Waals surface area contributed by atoms with E-state index in [1.165, 1.54) is 11.8 Å². The van der Waals surface area contributed by atoms with Gasteiger partial charge in [0.15, 0.2) is 0 Å². The summed E-state index contributed by atoms with van der Waals surface area (Å²) >= 11 is 1.54. The highest BCUT2D eigenvalue weighted by atomic mass is 32.2. The van der Waals surface area contributed by atoms with Gasteiger partial charge < -0.3 is 25.1 Å². The molecule has 0 heterocycles. The highest BCUT2D eigenvalue weighted by molar-refractivity contribution is 7.99. The molecule has 0 bridgehead atoms. The molecule has 0 rings (SSSR count). The number of aliphatic hydroxyl groups excluding tert-OH is 1. The predicted octanol–water partition coefficient (Wildman–Crippen LogP) is 0.0240. The number of hydrogen-bond donors (Lipinski definition) is 2. The van der Waals surface area contributed by atoms with Crippen molar-refractivity contribution in [1.29, 1.82) is 0 Å². The lowest BCUT2D eigenvalue weighted by molar-refractivity contribution is -0.144. The molecule has 0 aromatic carbocycles. The fraction of sp³-hybridized carbons (Fsp3) is 0.917. The molecule has 0 spiro atoms. The molecule has 7 heteroatoms. The van der Waals surface area contributed by atoms with E-state index in [1.54, 1.807) is 14.0 Å². The van der Waals surface area contributed by atoms with E-state index >= 15 is 0 Å². The maximum Gasteiger partial charge on any atom is 0.322 e. The average molecular weight is 295 g/mol. The van der Waals surface area contributed by atoms with Crippen LogP contribution in [0.3, 0.4) is 0 Å². The molecule has 0 radical (unpaired) electrons. The van der Waals surface area contributed by atoms with E-state index in [1.807, 2.05) is 0 Å². The Morgan fingerprint density at radius 2 is 2.16 bits per heavy atom. The topological polar surface area (TPSA) is 91.0 Å².